The molecule has 0 saturated heterocycles. The summed E-state index contributed by atoms with van der Waals surface area (Å²) in [5, 5.41) is 17.9. The third-order valence-electron chi connectivity index (χ3n) is 6.14. The second kappa shape index (κ2) is 7.79. The van der Waals surface area contributed by atoms with E-state index in [4.69, 9.17) is 0 Å². The van der Waals surface area contributed by atoms with Crippen LogP contribution in [-0.2, 0) is 11.3 Å². The van der Waals surface area contributed by atoms with Gasteiger partial charge < -0.3 is 15.3 Å². The van der Waals surface area contributed by atoms with Crippen LogP contribution in [0.5, 0.6) is 5.88 Å². The summed E-state index contributed by atoms with van der Waals surface area (Å²) in [6.07, 6.45) is 10.7. The third kappa shape index (κ3) is 3.91. The van der Waals surface area contributed by atoms with Gasteiger partial charge in [-0.2, -0.15) is 9.61 Å². The minimum absolute atomic E-state index is 0.0308. The lowest BCUT2D eigenvalue weighted by Gasteiger charge is -2.20. The Balaban J connectivity index is 1.54. The molecular formula is C23H29N5O4. The van der Waals surface area contributed by atoms with E-state index in [-0.39, 0.29) is 29.3 Å². The Morgan fingerprint density at radius 2 is 1.88 bits per heavy atom. The van der Waals surface area contributed by atoms with Crippen LogP contribution < -0.4 is 10.9 Å². The molecule has 0 bridgehead atoms. The van der Waals surface area contributed by atoms with Gasteiger partial charge in [-0.25, -0.2) is 0 Å². The van der Waals surface area contributed by atoms with E-state index in [2.05, 4.69) is 10.4 Å². The molecule has 2 aromatic rings. The summed E-state index contributed by atoms with van der Waals surface area (Å²) in [4.78, 5) is 40.5. The average Bonchev–Trinajstić information content (AvgIpc) is 3.57. The van der Waals surface area contributed by atoms with Crippen LogP contribution in [0.1, 0.15) is 68.3 Å². The van der Waals surface area contributed by atoms with Crippen molar-refractivity contribution in [1.29, 1.82) is 0 Å². The normalized spacial score (nSPS) is 18.6. The highest BCUT2D eigenvalue weighted by molar-refractivity contribution is 5.97. The van der Waals surface area contributed by atoms with Gasteiger partial charge in [-0.3, -0.25) is 19.0 Å². The number of amides is 2. The second-order valence-electron chi connectivity index (χ2n) is 9.63. The fourth-order valence-corrected chi connectivity index (χ4v) is 4.16. The Kier molecular flexibility index (Phi) is 5.06. The van der Waals surface area contributed by atoms with Crippen LogP contribution in [-0.4, -0.2) is 54.1 Å². The van der Waals surface area contributed by atoms with E-state index in [9.17, 15) is 19.5 Å². The molecule has 0 spiro atoms. The molecule has 0 unspecified atom stereocenters. The first kappa shape index (κ1) is 20.8. The van der Waals surface area contributed by atoms with Crippen molar-refractivity contribution in [2.75, 3.05) is 0 Å². The summed E-state index contributed by atoms with van der Waals surface area (Å²) in [5.41, 5.74) is -0.0441. The summed E-state index contributed by atoms with van der Waals surface area (Å²) in [6.45, 7) is 4.35. The van der Waals surface area contributed by atoms with Gasteiger partial charge in [0.05, 0.1) is 6.20 Å². The maximum Gasteiger partial charge on any atom is 0.291 e. The Bertz CT molecular complexity index is 1150. The molecule has 3 fully saturated rings. The zero-order valence-corrected chi connectivity index (χ0v) is 18.5. The SMILES string of the molecule is CC(C)Cn1c(O)c(C(=O)NC2CC2)c(=O)n2ncc(C=CC(=O)N(C3CC3)C3CC3)c12. The van der Waals surface area contributed by atoms with Crippen LogP contribution in [0.25, 0.3) is 11.7 Å². The van der Waals surface area contributed by atoms with Crippen molar-refractivity contribution in [2.24, 2.45) is 5.92 Å². The van der Waals surface area contributed by atoms with Gasteiger partial charge in [0.15, 0.2) is 5.56 Å². The van der Waals surface area contributed by atoms with Crippen molar-refractivity contribution in [3.63, 3.8) is 0 Å². The molecule has 3 aliphatic rings. The fraction of sp³-hybridized carbons (Fsp3) is 0.565. The van der Waals surface area contributed by atoms with Crippen LogP contribution in [0.15, 0.2) is 17.1 Å². The van der Waals surface area contributed by atoms with E-state index in [1.165, 1.54) is 12.3 Å². The van der Waals surface area contributed by atoms with E-state index in [1.807, 2.05) is 18.7 Å². The standard InChI is InChI=1S/C23H29N5O4/c1-13(2)12-26-21-14(3-10-18(29)27(16-6-7-16)17-8-9-17)11-24-28(21)23(32)19(22(26)31)20(30)25-15-4-5-15/h3,10-11,13,15-17,31H,4-9,12H2,1-2H3,(H,25,30). The molecule has 170 valence electrons. The summed E-state index contributed by atoms with van der Waals surface area (Å²) in [5.74, 6) is -0.841. The maximum atomic E-state index is 13.1. The van der Waals surface area contributed by atoms with Crippen LogP contribution in [0.3, 0.4) is 0 Å². The van der Waals surface area contributed by atoms with Crippen LogP contribution in [0.2, 0.25) is 0 Å². The number of nitrogens with one attached hydrogen (secondary N) is 1. The van der Waals surface area contributed by atoms with Gasteiger partial charge in [-0.1, -0.05) is 13.8 Å². The third-order valence-corrected chi connectivity index (χ3v) is 6.14. The molecule has 3 aliphatic carbocycles. The molecule has 2 heterocycles. The molecule has 2 amide bonds. The van der Waals surface area contributed by atoms with E-state index >= 15 is 0 Å². The number of hydrogen-bond donors (Lipinski definition) is 2. The van der Waals surface area contributed by atoms with Crippen LogP contribution in [0.4, 0.5) is 0 Å². The topological polar surface area (TPSA) is 109 Å². The first-order chi connectivity index (χ1) is 15.3. The first-order valence-electron chi connectivity index (χ1n) is 11.5. The molecule has 5 rings (SSSR count). The van der Waals surface area contributed by atoms with E-state index < -0.39 is 11.5 Å². The number of carbonyl (C=O) groups is 2. The zero-order chi connectivity index (χ0) is 22.6. The van der Waals surface area contributed by atoms with Crippen molar-refractivity contribution < 1.29 is 14.7 Å². The highest BCUT2D eigenvalue weighted by Gasteiger charge is 2.41. The smallest absolute Gasteiger partial charge is 0.291 e. The number of fused-ring (bicyclic) bond motifs is 1. The monoisotopic (exact) mass is 439 g/mol. The van der Waals surface area contributed by atoms with Gasteiger partial charge in [0.1, 0.15) is 5.65 Å². The van der Waals surface area contributed by atoms with Gasteiger partial charge in [0.25, 0.3) is 11.5 Å². The quantitative estimate of drug-likeness (QED) is 0.611. The predicted octanol–water partition coefficient (Wildman–Crippen LogP) is 1.92. The zero-order valence-electron chi connectivity index (χ0n) is 18.5. The van der Waals surface area contributed by atoms with E-state index in [1.54, 1.807) is 10.6 Å². The molecule has 9 nitrogen and oxygen atoms in total. The van der Waals surface area contributed by atoms with Crippen molar-refractivity contribution in [3.05, 3.63) is 33.8 Å². The summed E-state index contributed by atoms with van der Waals surface area (Å²) < 4.78 is 2.69. The van der Waals surface area contributed by atoms with Gasteiger partial charge >= 0.3 is 0 Å². The largest absolute Gasteiger partial charge is 0.494 e. The molecule has 32 heavy (non-hydrogen) atoms. The number of nitrogens with zero attached hydrogens (tertiary/aromatic N) is 4. The fourth-order valence-electron chi connectivity index (χ4n) is 4.16. The van der Waals surface area contributed by atoms with Crippen molar-refractivity contribution >= 4 is 23.5 Å². The second-order valence-corrected chi connectivity index (χ2v) is 9.63. The number of aromatic hydroxyl groups is 1. The molecule has 0 radical (unpaired) electrons. The van der Waals surface area contributed by atoms with Gasteiger partial charge in [-0.15, -0.1) is 0 Å². The lowest BCUT2D eigenvalue weighted by atomic mass is 10.2. The average molecular weight is 440 g/mol. The van der Waals surface area contributed by atoms with Crippen LogP contribution in [0, 0.1) is 5.92 Å². The first-order valence-corrected chi connectivity index (χ1v) is 11.5. The summed E-state index contributed by atoms with van der Waals surface area (Å²) >= 11 is 0. The van der Waals surface area contributed by atoms with Crippen LogP contribution >= 0.6 is 0 Å². The summed E-state index contributed by atoms with van der Waals surface area (Å²) in [7, 11) is 0. The van der Waals surface area contributed by atoms with Crippen molar-refractivity contribution in [3.8, 4) is 5.88 Å². The Labute approximate surface area is 185 Å². The lowest BCUT2D eigenvalue weighted by Crippen LogP contribution is -2.34. The number of rotatable bonds is 8. The van der Waals surface area contributed by atoms with E-state index in [0.717, 1.165) is 43.0 Å². The molecule has 0 aliphatic heterocycles. The highest BCUT2D eigenvalue weighted by atomic mass is 16.3. The minimum atomic E-state index is -0.667. The number of carbonyl (C=O) groups excluding carboxylic acids is 2. The highest BCUT2D eigenvalue weighted by Crippen LogP contribution is 2.37. The van der Waals surface area contributed by atoms with Crippen molar-refractivity contribution in [2.45, 2.75) is 77.0 Å². The number of hydrogen-bond acceptors (Lipinski definition) is 5. The molecule has 2 N–H and O–H groups in total. The van der Waals surface area contributed by atoms with E-state index in [0.29, 0.717) is 29.8 Å². The molecule has 9 heteroatoms. The number of aromatic nitrogens is 3. The predicted molar refractivity (Wildman–Crippen MR) is 118 cm³/mol. The van der Waals surface area contributed by atoms with Gasteiger partial charge in [-0.05, 0) is 50.5 Å². The summed E-state index contributed by atoms with van der Waals surface area (Å²) in [6, 6.07) is 0.747. The van der Waals surface area contributed by atoms with Gasteiger partial charge in [0.2, 0.25) is 11.8 Å². The molecular weight excluding hydrogens is 410 g/mol. The molecule has 2 aromatic heterocycles. The van der Waals surface area contributed by atoms with Crippen molar-refractivity contribution in [1.82, 2.24) is 24.4 Å². The Morgan fingerprint density at radius 3 is 2.44 bits per heavy atom. The molecule has 0 aromatic carbocycles. The maximum absolute atomic E-state index is 13.1. The minimum Gasteiger partial charge on any atom is -0.494 e. The molecule has 0 atom stereocenters. The Morgan fingerprint density at radius 1 is 1.22 bits per heavy atom. The molecule has 3 saturated carbocycles. The lowest BCUT2D eigenvalue weighted by molar-refractivity contribution is -0.127. The van der Waals surface area contributed by atoms with Gasteiger partial charge in [0, 0.05) is 36.3 Å². The Hall–Kier alpha value is -3.10.